The van der Waals surface area contributed by atoms with Crippen molar-refractivity contribution in [2.45, 2.75) is 367 Å². The molecular formula is C61H118N2. The fourth-order valence-electron chi connectivity index (χ4n) is 10.3. The van der Waals surface area contributed by atoms with Crippen LogP contribution in [-0.4, -0.2) is 9.97 Å². The number of hydrogen-bond donors (Lipinski definition) is 0. The van der Waals surface area contributed by atoms with E-state index in [1.165, 1.54) is 358 Å². The Morgan fingerprint density at radius 3 is 0.556 bits per heavy atom. The number of aryl methyl sites for hydroxylation is 2. The molecule has 0 spiro atoms. The predicted molar refractivity (Wildman–Crippen MR) is 286 cm³/mol. The third-order valence-electron chi connectivity index (χ3n) is 14.7. The summed E-state index contributed by atoms with van der Waals surface area (Å²) >= 11 is 0. The van der Waals surface area contributed by atoms with Gasteiger partial charge in [-0.15, -0.1) is 0 Å². The quantitative estimate of drug-likeness (QED) is 0.0609. The maximum Gasteiger partial charge on any atom is 0.115 e. The number of hydrogen-bond acceptors (Lipinski definition) is 2. The minimum atomic E-state index is 1.17. The first-order valence-electron chi connectivity index (χ1n) is 30.1. The van der Waals surface area contributed by atoms with E-state index in [4.69, 9.17) is 9.97 Å². The molecule has 0 aliphatic heterocycles. The molecule has 0 radical (unpaired) electrons. The van der Waals surface area contributed by atoms with Crippen LogP contribution in [0.25, 0.3) is 0 Å². The highest BCUT2D eigenvalue weighted by Gasteiger charge is 2.12. The molecule has 1 aromatic heterocycles. The van der Waals surface area contributed by atoms with Gasteiger partial charge >= 0.3 is 0 Å². The van der Waals surface area contributed by atoms with E-state index in [1.54, 1.807) is 5.56 Å². The molecule has 0 aliphatic carbocycles. The first-order chi connectivity index (χ1) is 31.3. The Bertz CT molecular complexity index is 931. The Labute approximate surface area is 399 Å². The summed E-state index contributed by atoms with van der Waals surface area (Å²) in [5, 5.41) is 0. The second kappa shape index (κ2) is 52.1. The van der Waals surface area contributed by atoms with Crippen molar-refractivity contribution in [3.05, 3.63) is 23.3 Å². The van der Waals surface area contributed by atoms with Crippen molar-refractivity contribution >= 4 is 0 Å². The highest BCUT2D eigenvalue weighted by molar-refractivity contribution is 5.25. The normalized spacial score (nSPS) is 11.7. The van der Waals surface area contributed by atoms with Crippen molar-refractivity contribution in [1.29, 1.82) is 0 Å². The van der Waals surface area contributed by atoms with Crippen molar-refractivity contribution in [2.24, 2.45) is 0 Å². The Hall–Kier alpha value is -0.920. The third-order valence-corrected chi connectivity index (χ3v) is 14.7. The molecule has 1 rings (SSSR count). The first-order valence-corrected chi connectivity index (χ1v) is 30.1. The van der Waals surface area contributed by atoms with Gasteiger partial charge in [0.1, 0.15) is 6.33 Å². The number of rotatable bonds is 54. The van der Waals surface area contributed by atoms with Gasteiger partial charge in [-0.3, -0.25) is 0 Å². The molecular weight excluding hydrogens is 761 g/mol. The zero-order chi connectivity index (χ0) is 45.0. The van der Waals surface area contributed by atoms with E-state index in [9.17, 15) is 0 Å². The molecule has 63 heavy (non-hydrogen) atoms. The molecule has 0 atom stereocenters. The van der Waals surface area contributed by atoms with E-state index < -0.39 is 0 Å². The van der Waals surface area contributed by atoms with Gasteiger partial charge in [0.15, 0.2) is 0 Å². The van der Waals surface area contributed by atoms with Crippen LogP contribution in [0.4, 0.5) is 0 Å². The summed E-state index contributed by atoms with van der Waals surface area (Å²) in [4.78, 5) is 9.92. The summed E-state index contributed by atoms with van der Waals surface area (Å²) < 4.78 is 0. The first kappa shape index (κ1) is 60.1. The van der Waals surface area contributed by atoms with Crippen LogP contribution in [0.3, 0.4) is 0 Å². The number of unbranched alkanes of at least 4 members (excludes halogenated alkanes) is 48. The fourth-order valence-corrected chi connectivity index (χ4v) is 10.3. The zero-order valence-corrected chi connectivity index (χ0v) is 44.2. The van der Waals surface area contributed by atoms with Gasteiger partial charge < -0.3 is 0 Å². The van der Waals surface area contributed by atoms with Crippen LogP contribution in [-0.2, 0) is 19.3 Å². The van der Waals surface area contributed by atoms with E-state index in [2.05, 4.69) is 20.8 Å². The Morgan fingerprint density at radius 1 is 0.206 bits per heavy atom. The Morgan fingerprint density at radius 2 is 0.365 bits per heavy atom. The lowest BCUT2D eigenvalue weighted by Crippen LogP contribution is -2.07. The molecule has 1 aromatic rings. The van der Waals surface area contributed by atoms with E-state index >= 15 is 0 Å². The predicted octanol–water partition coefficient (Wildman–Crippen LogP) is 22.1. The van der Waals surface area contributed by atoms with Crippen molar-refractivity contribution in [1.82, 2.24) is 9.97 Å². The maximum absolute atomic E-state index is 4.96. The maximum atomic E-state index is 4.96. The molecule has 0 unspecified atom stereocenters. The fraction of sp³-hybridized carbons (Fsp3) is 0.934. The molecule has 0 N–H and O–H groups in total. The summed E-state index contributed by atoms with van der Waals surface area (Å²) in [6, 6.07) is 0. The van der Waals surface area contributed by atoms with E-state index in [1.807, 2.05) is 6.33 Å². The van der Waals surface area contributed by atoms with Gasteiger partial charge in [0.05, 0.1) is 0 Å². The van der Waals surface area contributed by atoms with Gasteiger partial charge in [-0.05, 0) is 44.1 Å². The van der Waals surface area contributed by atoms with Gasteiger partial charge in [-0.2, -0.15) is 0 Å². The van der Waals surface area contributed by atoms with Gasteiger partial charge in [0, 0.05) is 11.4 Å². The van der Waals surface area contributed by atoms with Crippen LogP contribution in [0, 0.1) is 0 Å². The van der Waals surface area contributed by atoms with Gasteiger partial charge in [-0.1, -0.05) is 329 Å². The van der Waals surface area contributed by atoms with Crippen molar-refractivity contribution in [3.63, 3.8) is 0 Å². The molecule has 0 amide bonds. The lowest BCUT2D eigenvalue weighted by Gasteiger charge is -2.14. The summed E-state index contributed by atoms with van der Waals surface area (Å²) in [5.74, 6) is 0. The molecule has 1 heterocycles. The van der Waals surface area contributed by atoms with Crippen LogP contribution < -0.4 is 0 Å². The van der Waals surface area contributed by atoms with Crippen LogP contribution >= 0.6 is 0 Å². The number of nitrogens with zero attached hydrogens (tertiary/aromatic N) is 2. The van der Waals surface area contributed by atoms with Crippen LogP contribution in [0.2, 0.25) is 0 Å². The minimum Gasteiger partial charge on any atom is -0.241 e. The zero-order valence-electron chi connectivity index (χ0n) is 44.2. The van der Waals surface area contributed by atoms with Crippen molar-refractivity contribution in [2.75, 3.05) is 0 Å². The van der Waals surface area contributed by atoms with Gasteiger partial charge in [-0.25, -0.2) is 9.97 Å². The molecule has 0 saturated heterocycles. The lowest BCUT2D eigenvalue weighted by molar-refractivity contribution is 0.524. The Balaban J connectivity index is 2.29. The molecule has 2 heteroatoms. The standard InChI is InChI=1S/C61H118N2/c1-4-7-10-13-16-19-22-25-28-31-34-37-40-43-46-49-52-55-59-60(56-53-50-47-44-41-38-35-32-29-26-23-20-17-14-11-8-5-2)62-58-63-61(59)57-54-51-48-45-42-39-36-33-30-27-24-21-18-15-12-9-6-3/h58H,4-57H2,1-3H3. The third kappa shape index (κ3) is 43.4. The molecule has 0 saturated carbocycles. The topological polar surface area (TPSA) is 25.8 Å². The highest BCUT2D eigenvalue weighted by Crippen LogP contribution is 2.22. The summed E-state index contributed by atoms with van der Waals surface area (Å²) in [7, 11) is 0. The summed E-state index contributed by atoms with van der Waals surface area (Å²) in [5.41, 5.74) is 4.38. The summed E-state index contributed by atoms with van der Waals surface area (Å²) in [6.07, 6.45) is 78.8. The molecule has 0 fully saturated rings. The average Bonchev–Trinajstić information content (AvgIpc) is 3.30. The smallest absolute Gasteiger partial charge is 0.115 e. The van der Waals surface area contributed by atoms with Gasteiger partial charge in [0.2, 0.25) is 0 Å². The van der Waals surface area contributed by atoms with Crippen LogP contribution in [0.15, 0.2) is 6.33 Å². The van der Waals surface area contributed by atoms with Crippen molar-refractivity contribution in [3.8, 4) is 0 Å². The molecule has 372 valence electrons. The van der Waals surface area contributed by atoms with E-state index in [0.717, 1.165) is 0 Å². The molecule has 2 nitrogen and oxygen atoms in total. The monoisotopic (exact) mass is 879 g/mol. The molecule has 0 bridgehead atoms. The summed E-state index contributed by atoms with van der Waals surface area (Å²) in [6.45, 7) is 6.95. The highest BCUT2D eigenvalue weighted by atomic mass is 14.8. The lowest BCUT2D eigenvalue weighted by atomic mass is 9.96. The minimum absolute atomic E-state index is 1.17. The molecule has 0 aliphatic rings. The van der Waals surface area contributed by atoms with E-state index in [-0.39, 0.29) is 0 Å². The van der Waals surface area contributed by atoms with Crippen LogP contribution in [0.5, 0.6) is 0 Å². The van der Waals surface area contributed by atoms with Crippen LogP contribution in [0.1, 0.15) is 365 Å². The average molecular weight is 880 g/mol. The van der Waals surface area contributed by atoms with Gasteiger partial charge in [0.25, 0.3) is 0 Å². The second-order valence-corrected chi connectivity index (χ2v) is 21.0. The van der Waals surface area contributed by atoms with E-state index in [0.29, 0.717) is 0 Å². The SMILES string of the molecule is CCCCCCCCCCCCCCCCCCCc1ncnc(CCCCCCCCCCCCCCCCCCC)c1CCCCCCCCCCCCCCCCCCC. The Kier molecular flexibility index (Phi) is 49.7. The largest absolute Gasteiger partial charge is 0.241 e. The molecule has 0 aromatic carbocycles. The second-order valence-electron chi connectivity index (χ2n) is 21.0. The number of aromatic nitrogens is 2. The van der Waals surface area contributed by atoms with Crippen molar-refractivity contribution < 1.29 is 0 Å².